The molecule has 0 aromatic carbocycles. The molecule has 0 aliphatic carbocycles. The van der Waals surface area contributed by atoms with Gasteiger partial charge in [-0.15, -0.1) is 0 Å². The van der Waals surface area contributed by atoms with Gasteiger partial charge in [-0.25, -0.2) is 0 Å². The van der Waals surface area contributed by atoms with Crippen molar-refractivity contribution in [2.75, 3.05) is 13.1 Å². The molecule has 0 rings (SSSR count). The summed E-state index contributed by atoms with van der Waals surface area (Å²) < 4.78 is 0. The second-order valence-corrected chi connectivity index (χ2v) is 6.33. The number of nitrogens with one attached hydrogen (secondary N) is 1. The van der Waals surface area contributed by atoms with E-state index in [-0.39, 0.29) is 0 Å². The highest BCUT2D eigenvalue weighted by Crippen LogP contribution is 2.34. The van der Waals surface area contributed by atoms with Crippen LogP contribution >= 0.6 is 0 Å². The Hall–Kier alpha value is -0.0400. The molecule has 0 spiro atoms. The second kappa shape index (κ2) is 8.97. The third-order valence-electron chi connectivity index (χ3n) is 4.12. The van der Waals surface area contributed by atoms with Crippen LogP contribution in [-0.4, -0.2) is 13.1 Å². The summed E-state index contributed by atoms with van der Waals surface area (Å²) in [5.41, 5.74) is 0.531. The third-order valence-corrected chi connectivity index (χ3v) is 4.12. The summed E-state index contributed by atoms with van der Waals surface area (Å²) in [5.74, 6) is 1.63. The summed E-state index contributed by atoms with van der Waals surface area (Å²) in [4.78, 5) is 0. The fourth-order valence-electron chi connectivity index (χ4n) is 2.82. The fourth-order valence-corrected chi connectivity index (χ4v) is 2.82. The molecule has 0 aliphatic rings. The molecule has 0 bridgehead atoms. The molecule has 0 aliphatic heterocycles. The lowest BCUT2D eigenvalue weighted by Crippen LogP contribution is -2.36. The largest absolute Gasteiger partial charge is 0.316 e. The average molecular weight is 241 g/mol. The van der Waals surface area contributed by atoms with Gasteiger partial charge < -0.3 is 5.32 Å². The van der Waals surface area contributed by atoms with Crippen molar-refractivity contribution in [1.82, 2.24) is 5.32 Å². The van der Waals surface area contributed by atoms with E-state index in [1.54, 1.807) is 0 Å². The molecule has 0 saturated heterocycles. The van der Waals surface area contributed by atoms with Crippen LogP contribution in [0, 0.1) is 17.3 Å². The van der Waals surface area contributed by atoms with Crippen LogP contribution < -0.4 is 5.32 Å². The van der Waals surface area contributed by atoms with Gasteiger partial charge in [-0.1, -0.05) is 54.4 Å². The van der Waals surface area contributed by atoms with Gasteiger partial charge in [0.15, 0.2) is 0 Å². The number of hydrogen-bond donors (Lipinski definition) is 1. The van der Waals surface area contributed by atoms with Crippen molar-refractivity contribution in [3.05, 3.63) is 0 Å². The minimum atomic E-state index is 0.531. The lowest BCUT2D eigenvalue weighted by molar-refractivity contribution is 0.186. The molecule has 0 fully saturated rings. The van der Waals surface area contributed by atoms with E-state index in [4.69, 9.17) is 0 Å². The quantitative estimate of drug-likeness (QED) is 0.575. The summed E-state index contributed by atoms with van der Waals surface area (Å²) in [7, 11) is 0. The average Bonchev–Trinajstić information content (AvgIpc) is 2.27. The summed E-state index contributed by atoms with van der Waals surface area (Å²) in [6.07, 6.45) is 6.71. The molecule has 104 valence electrons. The zero-order chi connectivity index (χ0) is 13.3. The Balaban J connectivity index is 4.23. The van der Waals surface area contributed by atoms with E-state index in [0.717, 1.165) is 18.4 Å². The van der Waals surface area contributed by atoms with Crippen molar-refractivity contribution in [2.45, 2.75) is 73.6 Å². The van der Waals surface area contributed by atoms with Gasteiger partial charge in [0, 0.05) is 6.54 Å². The van der Waals surface area contributed by atoms with Gasteiger partial charge in [0.1, 0.15) is 0 Å². The monoisotopic (exact) mass is 241 g/mol. The first kappa shape index (κ1) is 17.0. The van der Waals surface area contributed by atoms with Crippen molar-refractivity contribution in [1.29, 1.82) is 0 Å². The first-order valence-corrected chi connectivity index (χ1v) is 7.70. The normalized spacial score (nSPS) is 14.3. The van der Waals surface area contributed by atoms with Crippen LogP contribution in [0.15, 0.2) is 0 Å². The van der Waals surface area contributed by atoms with E-state index < -0.39 is 0 Å². The van der Waals surface area contributed by atoms with Crippen LogP contribution in [0.25, 0.3) is 0 Å². The number of rotatable bonds is 10. The van der Waals surface area contributed by atoms with E-state index in [0.29, 0.717) is 5.41 Å². The molecule has 1 N–H and O–H groups in total. The number of hydrogen-bond acceptors (Lipinski definition) is 1. The van der Waals surface area contributed by atoms with Crippen LogP contribution in [0.3, 0.4) is 0 Å². The highest BCUT2D eigenvalue weighted by atomic mass is 14.9. The highest BCUT2D eigenvalue weighted by Gasteiger charge is 2.27. The topological polar surface area (TPSA) is 12.0 Å². The van der Waals surface area contributed by atoms with E-state index >= 15 is 0 Å². The molecular weight excluding hydrogens is 206 g/mol. The maximum atomic E-state index is 3.68. The smallest absolute Gasteiger partial charge is 0.000781 e. The van der Waals surface area contributed by atoms with Gasteiger partial charge in [0.2, 0.25) is 0 Å². The van der Waals surface area contributed by atoms with Crippen LogP contribution in [0.2, 0.25) is 0 Å². The summed E-state index contributed by atoms with van der Waals surface area (Å²) in [5, 5.41) is 3.68. The molecule has 0 amide bonds. The zero-order valence-electron chi connectivity index (χ0n) is 13.1. The Morgan fingerprint density at radius 1 is 1.00 bits per heavy atom. The first-order valence-electron chi connectivity index (χ1n) is 7.70. The fraction of sp³-hybridized carbons (Fsp3) is 1.00. The lowest BCUT2D eigenvalue weighted by Gasteiger charge is -2.35. The van der Waals surface area contributed by atoms with Crippen molar-refractivity contribution in [3.63, 3.8) is 0 Å². The molecule has 0 radical (unpaired) electrons. The van der Waals surface area contributed by atoms with Crippen molar-refractivity contribution in [2.24, 2.45) is 17.3 Å². The Kier molecular flexibility index (Phi) is 8.94. The maximum absolute atomic E-state index is 3.68. The predicted molar refractivity (Wildman–Crippen MR) is 79.4 cm³/mol. The third kappa shape index (κ3) is 7.08. The Morgan fingerprint density at radius 3 is 2.00 bits per heavy atom. The second-order valence-electron chi connectivity index (χ2n) is 6.33. The molecule has 1 nitrogen and oxygen atoms in total. The highest BCUT2D eigenvalue weighted by molar-refractivity contribution is 4.81. The zero-order valence-corrected chi connectivity index (χ0v) is 13.1. The molecule has 0 aromatic heterocycles. The molecule has 17 heavy (non-hydrogen) atoms. The van der Waals surface area contributed by atoms with E-state index in [1.165, 1.54) is 38.6 Å². The van der Waals surface area contributed by atoms with Gasteiger partial charge in [-0.2, -0.15) is 0 Å². The Morgan fingerprint density at radius 2 is 1.59 bits per heavy atom. The summed E-state index contributed by atoms with van der Waals surface area (Å²) in [6, 6.07) is 0. The molecule has 0 aromatic rings. The minimum Gasteiger partial charge on any atom is -0.316 e. The van der Waals surface area contributed by atoms with Gasteiger partial charge in [0.25, 0.3) is 0 Å². The molecule has 0 saturated carbocycles. The van der Waals surface area contributed by atoms with Crippen molar-refractivity contribution >= 4 is 0 Å². The predicted octanol–water partition coefficient (Wildman–Crippen LogP) is 4.86. The van der Waals surface area contributed by atoms with Crippen LogP contribution in [0.4, 0.5) is 0 Å². The van der Waals surface area contributed by atoms with Gasteiger partial charge in [-0.05, 0) is 43.1 Å². The standard InChI is InChI=1S/C16H35N/c1-7-10-15(6)11-16(8-2,9-3)13-17-12-14(4)5/h14-15,17H,7-13H2,1-6H3. The molecular formula is C16H35N. The van der Waals surface area contributed by atoms with Gasteiger partial charge in [0.05, 0.1) is 0 Å². The minimum absolute atomic E-state index is 0.531. The van der Waals surface area contributed by atoms with E-state index in [9.17, 15) is 0 Å². The Bertz CT molecular complexity index is 170. The van der Waals surface area contributed by atoms with Crippen LogP contribution in [0.1, 0.15) is 73.6 Å². The van der Waals surface area contributed by atoms with Crippen LogP contribution in [0.5, 0.6) is 0 Å². The summed E-state index contributed by atoms with van der Waals surface area (Å²) in [6.45, 7) is 16.4. The SMILES string of the molecule is CCCC(C)CC(CC)(CC)CNCC(C)C. The van der Waals surface area contributed by atoms with Gasteiger partial charge in [-0.3, -0.25) is 0 Å². The summed E-state index contributed by atoms with van der Waals surface area (Å²) >= 11 is 0. The van der Waals surface area contributed by atoms with E-state index in [2.05, 4.69) is 46.9 Å². The van der Waals surface area contributed by atoms with E-state index in [1.807, 2.05) is 0 Å². The van der Waals surface area contributed by atoms with Gasteiger partial charge >= 0.3 is 0 Å². The Labute approximate surface area is 110 Å². The molecule has 0 heterocycles. The van der Waals surface area contributed by atoms with Crippen molar-refractivity contribution < 1.29 is 0 Å². The molecule has 1 heteroatoms. The molecule has 1 unspecified atom stereocenters. The van der Waals surface area contributed by atoms with Crippen molar-refractivity contribution in [3.8, 4) is 0 Å². The molecule has 1 atom stereocenters. The van der Waals surface area contributed by atoms with Crippen LogP contribution in [-0.2, 0) is 0 Å². The first-order chi connectivity index (χ1) is 7.99. The lowest BCUT2D eigenvalue weighted by atomic mass is 9.74. The maximum Gasteiger partial charge on any atom is 0.000781 e.